The molecule has 1 N–H and O–H groups in total. The van der Waals surface area contributed by atoms with Crippen LogP contribution in [0.3, 0.4) is 0 Å². The molecule has 2 saturated heterocycles. The molecule has 6 rings (SSSR count). The zero-order valence-electron chi connectivity index (χ0n) is 27.0. The fourth-order valence-electron chi connectivity index (χ4n) is 5.44. The van der Waals surface area contributed by atoms with Gasteiger partial charge in [0.05, 0.1) is 74.2 Å². The fourth-order valence-corrected chi connectivity index (χ4v) is 5.44. The molecule has 1 atom stereocenters. The molecule has 254 valence electrons. The Morgan fingerprint density at radius 1 is 0.708 bits per heavy atom. The Morgan fingerprint density at radius 2 is 1.15 bits per heavy atom. The Labute approximate surface area is 274 Å². The van der Waals surface area contributed by atoms with E-state index in [1.165, 1.54) is 57.5 Å². The highest BCUT2D eigenvalue weighted by atomic mass is 16.5. The van der Waals surface area contributed by atoms with Gasteiger partial charge in [0, 0.05) is 43.9 Å². The largest absolute Gasteiger partial charge is 0.465 e. The van der Waals surface area contributed by atoms with E-state index in [0.717, 1.165) is 0 Å². The fraction of sp³-hybridized carbons (Fsp3) is 0.382. The van der Waals surface area contributed by atoms with Crippen LogP contribution in [0.25, 0.3) is 21.9 Å². The lowest BCUT2D eigenvalue weighted by Crippen LogP contribution is -2.36. The summed E-state index contributed by atoms with van der Waals surface area (Å²) in [7, 11) is 2.50. The lowest BCUT2D eigenvalue weighted by atomic mass is 10.0. The highest BCUT2D eigenvalue weighted by Gasteiger charge is 2.22. The van der Waals surface area contributed by atoms with Crippen molar-refractivity contribution in [3.63, 3.8) is 0 Å². The topological polar surface area (TPSA) is 175 Å². The van der Waals surface area contributed by atoms with Gasteiger partial charge in [-0.3, -0.25) is 14.4 Å². The van der Waals surface area contributed by atoms with Crippen LogP contribution in [0, 0.1) is 0 Å². The van der Waals surface area contributed by atoms with Crippen molar-refractivity contribution in [2.24, 2.45) is 0 Å². The van der Waals surface area contributed by atoms with Gasteiger partial charge in [-0.15, -0.1) is 0 Å². The van der Waals surface area contributed by atoms with E-state index in [1.54, 1.807) is 6.92 Å². The van der Waals surface area contributed by atoms with Gasteiger partial charge in [0.2, 0.25) is 0 Å². The van der Waals surface area contributed by atoms with Gasteiger partial charge in [-0.05, 0) is 38.1 Å². The number of carbonyl (C=O) groups excluding carboxylic acids is 3. The maximum Gasteiger partial charge on any atom is 0.337 e. The standard InChI is InChI=1S/C17H19NO6.C17H17NO6/c2*1-10(19)12-7-11(17(21)22-2)8-13-14(20)9-15(24-16(12)13)18-3-5-23-6-4-18/h7-10,19H,3-6H2,1-2H3;7-9H,3-6H2,1-2H3. The molecule has 2 aliphatic heterocycles. The number of hydrogen-bond donors (Lipinski definition) is 1. The van der Waals surface area contributed by atoms with Crippen LogP contribution >= 0.6 is 0 Å². The zero-order chi connectivity index (χ0) is 34.5. The number of anilines is 2. The van der Waals surface area contributed by atoms with E-state index in [2.05, 4.69) is 4.74 Å². The van der Waals surface area contributed by atoms with Gasteiger partial charge in [0.15, 0.2) is 34.0 Å². The summed E-state index contributed by atoms with van der Waals surface area (Å²) in [5, 5.41) is 10.5. The van der Waals surface area contributed by atoms with Crippen molar-refractivity contribution < 1.29 is 47.3 Å². The molecule has 4 aromatic rings. The number of rotatable bonds is 6. The number of methoxy groups -OCH3 is 2. The van der Waals surface area contributed by atoms with Gasteiger partial charge in [-0.25, -0.2) is 9.59 Å². The summed E-state index contributed by atoms with van der Waals surface area (Å²) in [5.74, 6) is -0.660. The average molecular weight is 665 g/mol. The first kappa shape index (κ1) is 34.3. The summed E-state index contributed by atoms with van der Waals surface area (Å²) in [4.78, 5) is 64.4. The van der Waals surface area contributed by atoms with Gasteiger partial charge in [0.1, 0.15) is 5.58 Å². The van der Waals surface area contributed by atoms with E-state index in [-0.39, 0.29) is 55.3 Å². The second kappa shape index (κ2) is 14.8. The maximum atomic E-state index is 12.5. The van der Waals surface area contributed by atoms with E-state index >= 15 is 0 Å². The summed E-state index contributed by atoms with van der Waals surface area (Å²) >= 11 is 0. The third-order valence-electron chi connectivity index (χ3n) is 7.98. The molecular weight excluding hydrogens is 628 g/mol. The van der Waals surface area contributed by atoms with Gasteiger partial charge >= 0.3 is 11.9 Å². The number of aliphatic hydroxyl groups is 1. The van der Waals surface area contributed by atoms with Crippen LogP contribution in [0.5, 0.6) is 0 Å². The lowest BCUT2D eigenvalue weighted by molar-refractivity contribution is 0.0591. The normalized spacial score (nSPS) is 15.4. The summed E-state index contributed by atoms with van der Waals surface area (Å²) in [6, 6.07) is 8.48. The molecule has 0 spiro atoms. The second-order valence-electron chi connectivity index (χ2n) is 11.2. The van der Waals surface area contributed by atoms with Crippen molar-refractivity contribution in [3.8, 4) is 0 Å². The molecule has 14 heteroatoms. The van der Waals surface area contributed by atoms with Crippen LogP contribution in [0.15, 0.2) is 54.8 Å². The van der Waals surface area contributed by atoms with Gasteiger partial charge in [-0.2, -0.15) is 0 Å². The molecular formula is C34H36N2O12. The molecule has 2 aliphatic rings. The average Bonchev–Trinajstić information content (AvgIpc) is 3.11. The number of esters is 2. The summed E-state index contributed by atoms with van der Waals surface area (Å²) in [6.07, 6.45) is -0.903. The molecule has 0 amide bonds. The Morgan fingerprint density at radius 3 is 1.58 bits per heavy atom. The summed E-state index contributed by atoms with van der Waals surface area (Å²) < 4.78 is 31.7. The van der Waals surface area contributed by atoms with Crippen LogP contribution in [-0.4, -0.2) is 89.7 Å². The number of benzene rings is 2. The van der Waals surface area contributed by atoms with E-state index in [0.29, 0.717) is 69.9 Å². The first-order valence-corrected chi connectivity index (χ1v) is 15.3. The maximum absolute atomic E-state index is 12.5. The molecule has 14 nitrogen and oxygen atoms in total. The van der Waals surface area contributed by atoms with Crippen LogP contribution in [0.1, 0.15) is 56.6 Å². The van der Waals surface area contributed by atoms with Gasteiger partial charge < -0.3 is 42.7 Å². The van der Waals surface area contributed by atoms with Crippen molar-refractivity contribution in [1.29, 1.82) is 0 Å². The van der Waals surface area contributed by atoms with Gasteiger partial charge in [-0.1, -0.05) is 0 Å². The smallest absolute Gasteiger partial charge is 0.337 e. The number of hydrogen-bond acceptors (Lipinski definition) is 14. The number of aliphatic hydroxyl groups excluding tert-OH is 1. The zero-order valence-corrected chi connectivity index (χ0v) is 27.0. The van der Waals surface area contributed by atoms with Crippen LogP contribution in [0.4, 0.5) is 11.8 Å². The number of ether oxygens (including phenoxy) is 4. The number of nitrogens with zero attached hydrogens (tertiary/aromatic N) is 2. The third-order valence-corrected chi connectivity index (χ3v) is 7.98. The molecule has 0 aliphatic carbocycles. The van der Waals surface area contributed by atoms with E-state index in [1.807, 2.05) is 9.80 Å². The highest BCUT2D eigenvalue weighted by molar-refractivity contribution is 6.08. The van der Waals surface area contributed by atoms with Crippen LogP contribution in [0.2, 0.25) is 0 Å². The quantitative estimate of drug-likeness (QED) is 0.235. The minimum absolute atomic E-state index is 0.140. The molecule has 4 heterocycles. The van der Waals surface area contributed by atoms with Crippen LogP contribution in [-0.2, 0) is 18.9 Å². The van der Waals surface area contributed by atoms with Gasteiger partial charge in [0.25, 0.3) is 0 Å². The lowest BCUT2D eigenvalue weighted by Gasteiger charge is -2.27. The number of Topliss-reactive ketones (excluding diaryl/α,β-unsaturated/α-hetero) is 1. The molecule has 2 aromatic carbocycles. The number of morpholine rings is 2. The Balaban J connectivity index is 0.000000188. The highest BCUT2D eigenvalue weighted by Crippen LogP contribution is 2.29. The predicted octanol–water partition coefficient (Wildman–Crippen LogP) is 3.09. The van der Waals surface area contributed by atoms with Crippen molar-refractivity contribution >= 4 is 51.4 Å². The Kier molecular flexibility index (Phi) is 10.6. The van der Waals surface area contributed by atoms with Crippen molar-refractivity contribution in [1.82, 2.24) is 0 Å². The third kappa shape index (κ3) is 7.25. The van der Waals surface area contributed by atoms with Crippen molar-refractivity contribution in [3.05, 3.63) is 79.1 Å². The molecule has 0 radical (unpaired) electrons. The minimum Gasteiger partial charge on any atom is -0.465 e. The summed E-state index contributed by atoms with van der Waals surface area (Å²) in [6.45, 7) is 7.57. The predicted molar refractivity (Wildman–Crippen MR) is 174 cm³/mol. The number of fused-ring (bicyclic) bond motifs is 2. The van der Waals surface area contributed by atoms with E-state index in [4.69, 9.17) is 23.0 Å². The van der Waals surface area contributed by atoms with Crippen LogP contribution < -0.4 is 20.7 Å². The molecule has 2 aromatic heterocycles. The monoisotopic (exact) mass is 664 g/mol. The number of ketones is 1. The molecule has 0 saturated carbocycles. The second-order valence-corrected chi connectivity index (χ2v) is 11.2. The minimum atomic E-state index is -0.903. The van der Waals surface area contributed by atoms with Crippen molar-refractivity contribution in [2.45, 2.75) is 20.0 Å². The molecule has 1 unspecified atom stereocenters. The molecule has 2 fully saturated rings. The van der Waals surface area contributed by atoms with E-state index in [9.17, 15) is 29.1 Å². The Bertz CT molecular complexity index is 1970. The number of carbonyl (C=O) groups is 3. The Hall–Kier alpha value is -5.05. The summed E-state index contributed by atoms with van der Waals surface area (Å²) in [5.41, 5.74) is 0.779. The molecule has 0 bridgehead atoms. The first-order chi connectivity index (χ1) is 23.0. The molecule has 48 heavy (non-hydrogen) atoms. The first-order valence-electron chi connectivity index (χ1n) is 15.3. The SMILES string of the molecule is COC(=O)c1cc(C(C)=O)c2oc(N3CCOCC3)cc(=O)c2c1.COC(=O)c1cc(C(C)O)c2oc(N3CCOCC3)cc(=O)c2c1. The van der Waals surface area contributed by atoms with E-state index < -0.39 is 18.0 Å². The van der Waals surface area contributed by atoms with Crippen molar-refractivity contribution in [2.75, 3.05) is 76.6 Å².